The monoisotopic (exact) mass is 583 g/mol. The topological polar surface area (TPSA) is 138 Å². The molecule has 1 aliphatic carbocycles. The van der Waals surface area contributed by atoms with Gasteiger partial charge in [-0.3, -0.25) is 14.3 Å². The van der Waals surface area contributed by atoms with Gasteiger partial charge in [-0.05, 0) is 60.3 Å². The Balaban J connectivity index is 1.79. The predicted octanol–water partition coefficient (Wildman–Crippen LogP) is 3.49. The number of hydrogen-bond acceptors (Lipinski definition) is 10. The molecule has 2 aliphatic rings. The van der Waals surface area contributed by atoms with Crippen molar-refractivity contribution in [2.75, 3.05) is 13.2 Å². The van der Waals surface area contributed by atoms with E-state index < -0.39 is 50.1 Å². The van der Waals surface area contributed by atoms with Crippen molar-refractivity contribution in [1.82, 2.24) is 14.2 Å². The SMILES string of the molecule is C=CCOP(OC1C[C@H](n2cc(C)c(=O)[nH]c2=O)O[C@@H]1COC(=O)C(=O)OC1CCCCC1)N(C(C)C)C(C)C. The molecule has 3 rings (SSSR count). The maximum absolute atomic E-state index is 12.6. The first-order valence-electron chi connectivity index (χ1n) is 13.9. The lowest BCUT2D eigenvalue weighted by molar-refractivity contribution is -0.174. The molecule has 1 N–H and O–H groups in total. The molecular formula is C27H42N3O9P. The lowest BCUT2D eigenvalue weighted by Gasteiger charge is -2.37. The zero-order chi connectivity index (χ0) is 29.4. The number of hydrogen-bond donors (Lipinski definition) is 1. The van der Waals surface area contributed by atoms with E-state index in [1.54, 1.807) is 13.0 Å². The van der Waals surface area contributed by atoms with Gasteiger partial charge in [0.1, 0.15) is 25.0 Å². The van der Waals surface area contributed by atoms with Gasteiger partial charge in [0.2, 0.25) is 0 Å². The Kier molecular flexibility index (Phi) is 12.1. The molecule has 2 unspecified atom stereocenters. The third-order valence-corrected chi connectivity index (χ3v) is 8.90. The maximum Gasteiger partial charge on any atom is 0.417 e. The van der Waals surface area contributed by atoms with Crippen molar-refractivity contribution in [2.24, 2.45) is 0 Å². The van der Waals surface area contributed by atoms with Crippen LogP contribution in [0, 0.1) is 6.92 Å². The lowest BCUT2D eigenvalue weighted by Crippen LogP contribution is -2.37. The molecule has 2 heterocycles. The highest BCUT2D eigenvalue weighted by Crippen LogP contribution is 2.49. The summed E-state index contributed by atoms with van der Waals surface area (Å²) in [6, 6.07) is 0.175. The van der Waals surface area contributed by atoms with Gasteiger partial charge in [-0.15, -0.1) is 6.58 Å². The molecule has 4 atom stereocenters. The molecule has 1 aromatic heterocycles. The van der Waals surface area contributed by atoms with E-state index in [4.69, 9.17) is 23.3 Å². The fourth-order valence-electron chi connectivity index (χ4n) is 4.89. The number of ether oxygens (including phenoxy) is 3. The molecule has 13 heteroatoms. The highest BCUT2D eigenvalue weighted by atomic mass is 31.2. The van der Waals surface area contributed by atoms with Crippen molar-refractivity contribution in [3.05, 3.63) is 45.3 Å². The summed E-state index contributed by atoms with van der Waals surface area (Å²) in [5, 5.41) is 0. The second kappa shape index (κ2) is 15.0. The van der Waals surface area contributed by atoms with Gasteiger partial charge in [0.05, 0.1) is 12.7 Å². The molecule has 1 saturated heterocycles. The lowest BCUT2D eigenvalue weighted by atomic mass is 9.98. The van der Waals surface area contributed by atoms with Crippen LogP contribution in [0.5, 0.6) is 0 Å². The predicted molar refractivity (Wildman–Crippen MR) is 149 cm³/mol. The van der Waals surface area contributed by atoms with Crippen LogP contribution >= 0.6 is 8.53 Å². The molecule has 0 radical (unpaired) electrons. The van der Waals surface area contributed by atoms with Crippen molar-refractivity contribution in [2.45, 2.75) is 110 Å². The number of nitrogens with one attached hydrogen (secondary N) is 1. The molecule has 40 heavy (non-hydrogen) atoms. The quantitative estimate of drug-likeness (QED) is 0.168. The van der Waals surface area contributed by atoms with Crippen LogP contribution in [0.25, 0.3) is 0 Å². The summed E-state index contributed by atoms with van der Waals surface area (Å²) in [7, 11) is -1.60. The Morgan fingerprint density at radius 2 is 1.85 bits per heavy atom. The van der Waals surface area contributed by atoms with Crippen LogP contribution in [0.1, 0.15) is 78.0 Å². The number of H-pyrrole nitrogens is 1. The average Bonchev–Trinajstić information content (AvgIpc) is 3.30. The normalized spacial score (nSPS) is 22.6. The minimum atomic E-state index is -1.60. The number of aromatic amines is 1. The van der Waals surface area contributed by atoms with Crippen LogP contribution < -0.4 is 11.2 Å². The number of carbonyl (C=O) groups excluding carboxylic acids is 2. The van der Waals surface area contributed by atoms with E-state index in [1.165, 1.54) is 10.8 Å². The van der Waals surface area contributed by atoms with Gasteiger partial charge in [0.15, 0.2) is 0 Å². The molecule has 0 bridgehead atoms. The summed E-state index contributed by atoms with van der Waals surface area (Å²) in [5.41, 5.74) is -0.785. The fourth-order valence-corrected chi connectivity index (χ4v) is 6.63. The van der Waals surface area contributed by atoms with E-state index >= 15 is 0 Å². The van der Waals surface area contributed by atoms with Gasteiger partial charge in [0, 0.05) is 30.3 Å². The number of nitrogens with zero attached hydrogens (tertiary/aromatic N) is 2. The standard InChI is InChI=1S/C27H42N3O9P/c1-7-13-36-40(30(17(2)3)18(4)5)39-21-14-23(29-15-19(6)24(31)28-27(29)34)38-22(21)16-35-25(32)26(33)37-20-11-9-8-10-12-20/h7,15,17-18,20-23H,1,8-14,16H2,2-6H3,(H,28,31,34)/t21?,22-,23-,40?/m1/s1. The first-order chi connectivity index (χ1) is 19.0. The Morgan fingerprint density at radius 3 is 2.48 bits per heavy atom. The first-order valence-corrected chi connectivity index (χ1v) is 15.0. The van der Waals surface area contributed by atoms with Gasteiger partial charge in [0.25, 0.3) is 14.1 Å². The van der Waals surface area contributed by atoms with E-state index in [1.807, 2.05) is 27.7 Å². The molecule has 2 fully saturated rings. The maximum atomic E-state index is 12.6. The van der Waals surface area contributed by atoms with E-state index in [9.17, 15) is 19.2 Å². The van der Waals surface area contributed by atoms with Crippen molar-refractivity contribution < 1.29 is 32.8 Å². The molecule has 0 amide bonds. The number of aromatic nitrogens is 2. The highest BCUT2D eigenvalue weighted by Gasteiger charge is 2.42. The molecule has 1 aromatic rings. The van der Waals surface area contributed by atoms with Crippen LogP contribution in [0.4, 0.5) is 0 Å². The molecular weight excluding hydrogens is 541 g/mol. The van der Waals surface area contributed by atoms with Crippen LogP contribution in [-0.4, -0.2) is 69.8 Å². The minimum Gasteiger partial charge on any atom is -0.454 e. The molecule has 0 aromatic carbocycles. The smallest absolute Gasteiger partial charge is 0.417 e. The summed E-state index contributed by atoms with van der Waals surface area (Å²) < 4.78 is 32.6. The summed E-state index contributed by atoms with van der Waals surface area (Å²) in [6.45, 7) is 13.4. The Hall–Kier alpha value is -2.37. The molecule has 1 aliphatic heterocycles. The third-order valence-electron chi connectivity index (χ3n) is 6.78. The second-order valence-electron chi connectivity index (χ2n) is 10.6. The van der Waals surface area contributed by atoms with Crippen molar-refractivity contribution in [3.63, 3.8) is 0 Å². The summed E-state index contributed by atoms with van der Waals surface area (Å²) in [4.78, 5) is 51.6. The summed E-state index contributed by atoms with van der Waals surface area (Å²) in [5.74, 6) is -2.14. The Bertz CT molecular complexity index is 1120. The molecule has 12 nitrogen and oxygen atoms in total. The Labute approximate surface area is 235 Å². The number of aryl methyl sites for hydroxylation is 1. The van der Waals surface area contributed by atoms with Crippen LogP contribution in [0.15, 0.2) is 28.4 Å². The minimum absolute atomic E-state index is 0.0874. The average molecular weight is 584 g/mol. The van der Waals surface area contributed by atoms with E-state index in [-0.39, 0.29) is 37.8 Å². The molecule has 0 spiro atoms. The summed E-state index contributed by atoms with van der Waals surface area (Å²) in [6.07, 6.45) is 5.12. The van der Waals surface area contributed by atoms with E-state index in [0.29, 0.717) is 5.56 Å². The van der Waals surface area contributed by atoms with Gasteiger partial charge in [-0.25, -0.2) is 19.1 Å². The van der Waals surface area contributed by atoms with Crippen LogP contribution in [0.3, 0.4) is 0 Å². The third kappa shape index (κ3) is 8.57. The van der Waals surface area contributed by atoms with Crippen molar-refractivity contribution in [3.8, 4) is 0 Å². The number of esters is 2. The first kappa shape index (κ1) is 32.1. The number of carbonyl (C=O) groups is 2. The van der Waals surface area contributed by atoms with E-state index in [0.717, 1.165) is 32.1 Å². The fraction of sp³-hybridized carbons (Fsp3) is 0.704. The van der Waals surface area contributed by atoms with Crippen molar-refractivity contribution >= 4 is 20.5 Å². The highest BCUT2D eigenvalue weighted by molar-refractivity contribution is 7.44. The van der Waals surface area contributed by atoms with Crippen molar-refractivity contribution in [1.29, 1.82) is 0 Å². The zero-order valence-electron chi connectivity index (χ0n) is 24.0. The number of rotatable bonds is 12. The zero-order valence-corrected chi connectivity index (χ0v) is 24.9. The van der Waals surface area contributed by atoms with Gasteiger partial charge in [-0.1, -0.05) is 12.5 Å². The summed E-state index contributed by atoms with van der Waals surface area (Å²) >= 11 is 0. The largest absolute Gasteiger partial charge is 0.454 e. The molecule has 224 valence electrons. The van der Waals surface area contributed by atoms with Gasteiger partial charge < -0.3 is 23.3 Å². The van der Waals surface area contributed by atoms with Crippen LogP contribution in [0.2, 0.25) is 0 Å². The van der Waals surface area contributed by atoms with Gasteiger partial charge in [-0.2, -0.15) is 0 Å². The molecule has 1 saturated carbocycles. The Morgan fingerprint density at radius 1 is 1.18 bits per heavy atom. The van der Waals surface area contributed by atoms with E-state index in [2.05, 4.69) is 16.2 Å². The van der Waals surface area contributed by atoms with Gasteiger partial charge >= 0.3 is 17.6 Å². The second-order valence-corrected chi connectivity index (χ2v) is 12.0. The van der Waals surface area contributed by atoms with Crippen LogP contribution in [-0.2, 0) is 32.8 Å².